The van der Waals surface area contributed by atoms with Gasteiger partial charge < -0.3 is 20.5 Å². The predicted octanol–water partition coefficient (Wildman–Crippen LogP) is 0.469. The molecule has 22 heavy (non-hydrogen) atoms. The number of nitro benzene ring substituents is 1. The van der Waals surface area contributed by atoms with Crippen LogP contribution in [-0.2, 0) is 9.53 Å². The highest BCUT2D eigenvalue weighted by Crippen LogP contribution is 2.33. The quantitative estimate of drug-likeness (QED) is 0.473. The normalized spacial score (nSPS) is 17.5. The summed E-state index contributed by atoms with van der Waals surface area (Å²) in [6, 6.07) is 1.37. The van der Waals surface area contributed by atoms with Crippen LogP contribution in [0.1, 0.15) is 18.5 Å². The fourth-order valence-electron chi connectivity index (χ4n) is 2.18. The third kappa shape index (κ3) is 2.68. The molecule has 0 aromatic heterocycles. The maximum Gasteiger partial charge on any atom is 0.337 e. The van der Waals surface area contributed by atoms with Crippen molar-refractivity contribution in [3.05, 3.63) is 45.1 Å². The van der Waals surface area contributed by atoms with E-state index in [1.54, 1.807) is 0 Å². The highest BCUT2D eigenvalue weighted by atomic mass is 16.6. The predicted molar refractivity (Wildman–Crippen MR) is 71.7 cm³/mol. The van der Waals surface area contributed by atoms with Gasteiger partial charge in [-0.25, -0.2) is 9.59 Å². The van der Waals surface area contributed by atoms with Gasteiger partial charge in [-0.05, 0) is 12.5 Å². The first-order valence-electron chi connectivity index (χ1n) is 6.17. The molecule has 1 heterocycles. The molecule has 0 spiro atoms. The van der Waals surface area contributed by atoms with E-state index in [1.807, 2.05) is 0 Å². The Bertz CT molecular complexity index is 697. The summed E-state index contributed by atoms with van der Waals surface area (Å²) in [4.78, 5) is 33.7. The molecular formula is C13H12N3O6-. The number of non-ortho nitro benzene ring substituents is 1. The number of nitro groups is 1. The molecule has 2 N–H and O–H groups in total. The number of benzene rings is 1. The van der Waals surface area contributed by atoms with Crippen LogP contribution in [0.4, 0.5) is 10.5 Å². The molecule has 2 amide bonds. The first kappa shape index (κ1) is 15.3. The summed E-state index contributed by atoms with van der Waals surface area (Å²) in [5.74, 6) is -1.28. The van der Waals surface area contributed by atoms with Crippen molar-refractivity contribution in [2.24, 2.45) is 0 Å². The molecule has 1 aliphatic rings. The van der Waals surface area contributed by atoms with Crippen LogP contribution in [0.2, 0.25) is 0 Å². The number of urea groups is 1. The zero-order chi connectivity index (χ0) is 16.4. The molecule has 0 unspecified atom stereocenters. The largest absolute Gasteiger partial charge is 0.872 e. The monoisotopic (exact) mass is 306 g/mol. The van der Waals surface area contributed by atoms with Gasteiger partial charge in [-0.2, -0.15) is 0 Å². The number of methoxy groups -OCH3 is 1. The van der Waals surface area contributed by atoms with E-state index in [-0.39, 0.29) is 22.5 Å². The first-order valence-corrected chi connectivity index (χ1v) is 6.17. The minimum absolute atomic E-state index is 0.0136. The molecule has 2 rings (SSSR count). The van der Waals surface area contributed by atoms with Gasteiger partial charge in [-0.3, -0.25) is 10.1 Å². The number of ether oxygens (including phenoxy) is 1. The molecule has 1 aromatic rings. The molecule has 9 nitrogen and oxygen atoms in total. The highest BCUT2D eigenvalue weighted by Gasteiger charge is 2.32. The maximum absolute atomic E-state index is 12.0. The second-order valence-corrected chi connectivity index (χ2v) is 4.54. The van der Waals surface area contributed by atoms with Crippen LogP contribution in [0.3, 0.4) is 0 Å². The van der Waals surface area contributed by atoms with Gasteiger partial charge in [0.1, 0.15) is 0 Å². The number of carbonyl (C=O) groups excluding carboxylic acids is 2. The Balaban J connectivity index is 2.60. The minimum Gasteiger partial charge on any atom is -0.872 e. The molecule has 1 atom stereocenters. The van der Waals surface area contributed by atoms with Crippen molar-refractivity contribution in [3.8, 4) is 5.75 Å². The van der Waals surface area contributed by atoms with Gasteiger partial charge >= 0.3 is 12.0 Å². The van der Waals surface area contributed by atoms with E-state index in [4.69, 9.17) is 0 Å². The SMILES string of the molecule is COC(=O)C1=C(C)NC(=O)N[C@H]1c1cc([N+](=O)[O-])ccc1[O-]. The Kier molecular flexibility index (Phi) is 3.97. The molecule has 0 saturated carbocycles. The lowest BCUT2D eigenvalue weighted by Crippen LogP contribution is -2.45. The lowest BCUT2D eigenvalue weighted by Gasteiger charge is -2.30. The van der Waals surface area contributed by atoms with Crippen LogP contribution in [0.15, 0.2) is 29.5 Å². The van der Waals surface area contributed by atoms with E-state index in [1.165, 1.54) is 6.92 Å². The second-order valence-electron chi connectivity index (χ2n) is 4.54. The Labute approximate surface area is 124 Å². The summed E-state index contributed by atoms with van der Waals surface area (Å²) in [5, 5.41) is 27.6. The minimum atomic E-state index is -1.12. The van der Waals surface area contributed by atoms with Crippen molar-refractivity contribution in [2.75, 3.05) is 7.11 Å². The summed E-state index contributed by atoms with van der Waals surface area (Å²) in [6.07, 6.45) is 0. The molecule has 1 aliphatic heterocycles. The number of allylic oxidation sites excluding steroid dienone is 1. The Morgan fingerprint density at radius 2 is 2.09 bits per heavy atom. The van der Waals surface area contributed by atoms with Gasteiger partial charge in [0, 0.05) is 17.8 Å². The molecule has 1 aromatic carbocycles. The summed E-state index contributed by atoms with van der Waals surface area (Å²) >= 11 is 0. The van der Waals surface area contributed by atoms with Crippen molar-refractivity contribution in [2.45, 2.75) is 13.0 Å². The average molecular weight is 306 g/mol. The smallest absolute Gasteiger partial charge is 0.337 e. The average Bonchev–Trinajstić information content (AvgIpc) is 2.46. The van der Waals surface area contributed by atoms with E-state index in [0.717, 1.165) is 25.3 Å². The Morgan fingerprint density at radius 3 is 2.68 bits per heavy atom. The van der Waals surface area contributed by atoms with E-state index in [0.29, 0.717) is 0 Å². The van der Waals surface area contributed by atoms with Crippen LogP contribution in [-0.4, -0.2) is 24.0 Å². The summed E-state index contributed by atoms with van der Waals surface area (Å²) in [7, 11) is 1.15. The molecule has 0 aliphatic carbocycles. The second kappa shape index (κ2) is 5.72. The number of hydrogen-bond donors (Lipinski definition) is 2. The number of esters is 1. The molecule has 0 fully saturated rings. The van der Waals surface area contributed by atoms with Gasteiger partial charge in [0.15, 0.2) is 0 Å². The van der Waals surface area contributed by atoms with Crippen LogP contribution < -0.4 is 15.7 Å². The maximum atomic E-state index is 12.0. The number of amides is 2. The summed E-state index contributed by atoms with van der Waals surface area (Å²) in [6.45, 7) is 1.47. The van der Waals surface area contributed by atoms with Crippen LogP contribution in [0.5, 0.6) is 5.75 Å². The molecule has 0 saturated heterocycles. The number of nitrogens with one attached hydrogen (secondary N) is 2. The van der Waals surface area contributed by atoms with Crippen LogP contribution in [0.25, 0.3) is 0 Å². The van der Waals surface area contributed by atoms with Crippen LogP contribution >= 0.6 is 0 Å². The fraction of sp³-hybridized carbons (Fsp3) is 0.231. The van der Waals surface area contributed by atoms with Crippen molar-refractivity contribution in [3.63, 3.8) is 0 Å². The number of carbonyl (C=O) groups is 2. The van der Waals surface area contributed by atoms with Crippen molar-refractivity contribution in [1.29, 1.82) is 0 Å². The van der Waals surface area contributed by atoms with Gasteiger partial charge in [-0.15, -0.1) is 5.75 Å². The summed E-state index contributed by atoms with van der Waals surface area (Å²) in [5.41, 5.74) is -0.167. The first-order chi connectivity index (χ1) is 10.3. The van der Waals surface area contributed by atoms with Gasteiger partial charge in [0.05, 0.1) is 23.6 Å². The third-order valence-corrected chi connectivity index (χ3v) is 3.19. The zero-order valence-electron chi connectivity index (χ0n) is 11.7. The van der Waals surface area contributed by atoms with E-state index >= 15 is 0 Å². The Morgan fingerprint density at radius 1 is 1.41 bits per heavy atom. The lowest BCUT2D eigenvalue weighted by molar-refractivity contribution is -0.385. The van der Waals surface area contributed by atoms with Crippen LogP contribution in [0, 0.1) is 10.1 Å². The number of hydrogen-bond acceptors (Lipinski definition) is 6. The number of rotatable bonds is 3. The van der Waals surface area contributed by atoms with Gasteiger partial charge in [-0.1, -0.05) is 6.07 Å². The lowest BCUT2D eigenvalue weighted by atomic mass is 9.94. The van der Waals surface area contributed by atoms with Crippen molar-refractivity contribution < 1.29 is 24.4 Å². The van der Waals surface area contributed by atoms with Gasteiger partial charge in [0.2, 0.25) is 0 Å². The molecule has 0 bridgehead atoms. The standard InChI is InChI=1S/C13H13N3O6/c1-6-10(12(18)22-2)11(15-13(19)14-6)8-5-7(16(20)21)3-4-9(8)17/h3-5,11,17H,1-2H3,(H2,14,15,19)/p-1/t11-/m0/s1. The van der Waals surface area contributed by atoms with E-state index < -0.39 is 28.7 Å². The molecular weight excluding hydrogens is 294 g/mol. The molecule has 0 radical (unpaired) electrons. The molecule has 116 valence electrons. The number of nitrogens with zero attached hydrogens (tertiary/aromatic N) is 1. The van der Waals surface area contributed by atoms with Crippen molar-refractivity contribution in [1.82, 2.24) is 10.6 Å². The third-order valence-electron chi connectivity index (χ3n) is 3.19. The zero-order valence-corrected chi connectivity index (χ0v) is 11.7. The van der Waals surface area contributed by atoms with E-state index in [2.05, 4.69) is 15.4 Å². The summed E-state index contributed by atoms with van der Waals surface area (Å²) < 4.78 is 4.64. The fourth-order valence-corrected chi connectivity index (χ4v) is 2.18. The molecule has 9 heteroatoms. The van der Waals surface area contributed by atoms with Crippen molar-refractivity contribution >= 4 is 17.7 Å². The van der Waals surface area contributed by atoms with E-state index in [9.17, 15) is 24.8 Å². The topological polar surface area (TPSA) is 134 Å². The van der Waals surface area contributed by atoms with Gasteiger partial charge in [0.25, 0.3) is 5.69 Å². The highest BCUT2D eigenvalue weighted by molar-refractivity contribution is 5.95. The Hall–Kier alpha value is -3.10.